The second kappa shape index (κ2) is 8.59. The van der Waals surface area contributed by atoms with E-state index in [0.717, 1.165) is 21.0 Å². The molecule has 0 aliphatic carbocycles. The predicted octanol–water partition coefficient (Wildman–Crippen LogP) is 3.76. The molecule has 1 N–H and O–H groups in total. The van der Waals surface area contributed by atoms with Gasteiger partial charge >= 0.3 is 0 Å². The Morgan fingerprint density at radius 3 is 2.17 bits per heavy atom. The van der Waals surface area contributed by atoms with Crippen LogP contribution in [0.4, 0.5) is 0 Å². The van der Waals surface area contributed by atoms with Crippen molar-refractivity contribution < 1.29 is 13.2 Å². The van der Waals surface area contributed by atoms with Gasteiger partial charge in [0.1, 0.15) is 0 Å². The summed E-state index contributed by atoms with van der Waals surface area (Å²) in [6, 6.07) is 23.4. The minimum absolute atomic E-state index is 0.0852. The van der Waals surface area contributed by atoms with E-state index in [2.05, 4.69) is 5.32 Å². The molecule has 3 aromatic rings. The summed E-state index contributed by atoms with van der Waals surface area (Å²) in [5, 5.41) is 3.05. The lowest BCUT2D eigenvalue weighted by Crippen LogP contribution is -2.30. The van der Waals surface area contributed by atoms with Gasteiger partial charge in [-0.3, -0.25) is 4.79 Å². The molecule has 3 rings (SSSR count). The molecule has 6 heteroatoms. The van der Waals surface area contributed by atoms with Gasteiger partial charge in [0, 0.05) is 19.7 Å². The molecule has 0 saturated carbocycles. The molecule has 5 nitrogen and oxygen atoms in total. The van der Waals surface area contributed by atoms with E-state index in [9.17, 15) is 13.2 Å². The van der Waals surface area contributed by atoms with Crippen molar-refractivity contribution in [3.8, 4) is 0 Å². The Labute approximate surface area is 172 Å². The summed E-state index contributed by atoms with van der Waals surface area (Å²) in [7, 11) is -0.691. The highest BCUT2D eigenvalue weighted by molar-refractivity contribution is 7.89. The number of rotatable bonds is 6. The topological polar surface area (TPSA) is 66.5 Å². The van der Waals surface area contributed by atoms with Crippen molar-refractivity contribution in [2.24, 2.45) is 0 Å². The second-order valence-electron chi connectivity index (χ2n) is 7.05. The molecule has 0 aliphatic heterocycles. The molecule has 1 atom stereocenters. The van der Waals surface area contributed by atoms with Gasteiger partial charge in [0.2, 0.25) is 10.0 Å². The van der Waals surface area contributed by atoms with Gasteiger partial charge in [0.25, 0.3) is 5.91 Å². The Kier molecular flexibility index (Phi) is 6.15. The maximum Gasteiger partial charge on any atom is 0.252 e. The number of aryl methyl sites for hydroxylation is 1. The molecule has 0 fully saturated rings. The zero-order valence-electron chi connectivity index (χ0n) is 16.7. The van der Waals surface area contributed by atoms with Crippen LogP contribution in [0.1, 0.15) is 33.1 Å². The van der Waals surface area contributed by atoms with Crippen LogP contribution < -0.4 is 5.32 Å². The summed E-state index contributed by atoms with van der Waals surface area (Å²) in [5.74, 6) is -0.337. The van der Waals surface area contributed by atoms with Crippen LogP contribution in [-0.4, -0.2) is 32.7 Å². The SMILES string of the molecule is Cc1cccc(C(NC(=O)c2cccc(S(=O)(=O)N(C)C)c2)c2ccccc2)c1. The Hall–Kier alpha value is -2.96. The fraction of sp³-hybridized carbons (Fsp3) is 0.174. The summed E-state index contributed by atoms with van der Waals surface area (Å²) in [6.45, 7) is 2.00. The Bertz CT molecular complexity index is 1110. The Morgan fingerprint density at radius 1 is 0.862 bits per heavy atom. The molecule has 29 heavy (non-hydrogen) atoms. The van der Waals surface area contributed by atoms with E-state index in [1.807, 2.05) is 61.5 Å². The largest absolute Gasteiger partial charge is 0.341 e. The van der Waals surface area contributed by atoms with Gasteiger partial charge in [0.05, 0.1) is 10.9 Å². The van der Waals surface area contributed by atoms with Crippen LogP contribution in [0.15, 0.2) is 83.8 Å². The van der Waals surface area contributed by atoms with Gasteiger partial charge in [-0.15, -0.1) is 0 Å². The molecule has 0 saturated heterocycles. The first-order valence-corrected chi connectivity index (χ1v) is 10.7. The quantitative estimate of drug-likeness (QED) is 0.675. The number of benzene rings is 3. The lowest BCUT2D eigenvalue weighted by Gasteiger charge is -2.21. The summed E-state index contributed by atoms with van der Waals surface area (Å²) < 4.78 is 25.9. The number of amides is 1. The van der Waals surface area contributed by atoms with Crippen molar-refractivity contribution in [1.29, 1.82) is 0 Å². The molecule has 0 radical (unpaired) electrons. The monoisotopic (exact) mass is 408 g/mol. The predicted molar refractivity (Wildman–Crippen MR) is 114 cm³/mol. The maximum atomic E-state index is 13.0. The number of carbonyl (C=O) groups excluding carboxylic acids is 1. The molecule has 0 aliphatic rings. The average Bonchev–Trinajstić information content (AvgIpc) is 2.72. The first-order chi connectivity index (χ1) is 13.8. The van der Waals surface area contributed by atoms with E-state index in [4.69, 9.17) is 0 Å². The maximum absolute atomic E-state index is 13.0. The first kappa shape index (κ1) is 20.8. The van der Waals surface area contributed by atoms with Crippen molar-refractivity contribution in [3.63, 3.8) is 0 Å². The lowest BCUT2D eigenvalue weighted by atomic mass is 9.97. The van der Waals surface area contributed by atoms with E-state index in [0.29, 0.717) is 5.56 Å². The number of sulfonamides is 1. The normalized spacial score (nSPS) is 12.6. The molecule has 150 valence electrons. The third kappa shape index (κ3) is 4.72. The standard InChI is InChI=1S/C23H24N2O3S/c1-17-9-7-12-19(15-17)22(18-10-5-4-6-11-18)24-23(26)20-13-8-14-21(16-20)29(27,28)25(2)3/h4-16,22H,1-3H3,(H,24,26). The molecule has 0 bridgehead atoms. The van der Waals surface area contributed by atoms with E-state index >= 15 is 0 Å². The third-order valence-corrected chi connectivity index (χ3v) is 6.47. The number of nitrogens with one attached hydrogen (secondary N) is 1. The summed E-state index contributed by atoms with van der Waals surface area (Å²) in [6.07, 6.45) is 0. The van der Waals surface area contributed by atoms with Gasteiger partial charge in [-0.25, -0.2) is 12.7 Å². The molecular weight excluding hydrogens is 384 g/mol. The van der Waals surface area contributed by atoms with Crippen LogP contribution in [0, 0.1) is 6.92 Å². The highest BCUT2D eigenvalue weighted by Gasteiger charge is 2.21. The molecule has 0 spiro atoms. The molecule has 0 aromatic heterocycles. The van der Waals surface area contributed by atoms with Crippen LogP contribution in [0.25, 0.3) is 0 Å². The van der Waals surface area contributed by atoms with Gasteiger partial charge < -0.3 is 5.32 Å². The summed E-state index contributed by atoms with van der Waals surface area (Å²) >= 11 is 0. The van der Waals surface area contributed by atoms with Gasteiger partial charge in [-0.2, -0.15) is 0 Å². The average molecular weight is 409 g/mol. The van der Waals surface area contributed by atoms with Crippen LogP contribution in [0.5, 0.6) is 0 Å². The van der Waals surface area contributed by atoms with E-state index < -0.39 is 10.0 Å². The third-order valence-electron chi connectivity index (χ3n) is 4.66. The van der Waals surface area contributed by atoms with E-state index in [-0.39, 0.29) is 16.8 Å². The van der Waals surface area contributed by atoms with Crippen molar-refractivity contribution in [3.05, 3.63) is 101 Å². The number of nitrogens with zero attached hydrogens (tertiary/aromatic N) is 1. The number of carbonyl (C=O) groups is 1. The van der Waals surface area contributed by atoms with Crippen molar-refractivity contribution >= 4 is 15.9 Å². The zero-order valence-corrected chi connectivity index (χ0v) is 17.5. The number of hydrogen-bond acceptors (Lipinski definition) is 3. The molecule has 1 unspecified atom stereocenters. The second-order valence-corrected chi connectivity index (χ2v) is 9.20. The van der Waals surface area contributed by atoms with Gasteiger partial charge in [-0.05, 0) is 36.2 Å². The molecular formula is C23H24N2O3S. The zero-order chi connectivity index (χ0) is 21.0. The smallest absolute Gasteiger partial charge is 0.252 e. The van der Waals surface area contributed by atoms with Crippen LogP contribution >= 0.6 is 0 Å². The fourth-order valence-corrected chi connectivity index (χ4v) is 4.03. The van der Waals surface area contributed by atoms with Crippen LogP contribution in [-0.2, 0) is 10.0 Å². The summed E-state index contributed by atoms with van der Waals surface area (Å²) in [5.41, 5.74) is 3.29. The molecule has 3 aromatic carbocycles. The van der Waals surface area contributed by atoms with E-state index in [1.54, 1.807) is 12.1 Å². The minimum atomic E-state index is -3.62. The van der Waals surface area contributed by atoms with Gasteiger partial charge in [-0.1, -0.05) is 66.2 Å². The highest BCUT2D eigenvalue weighted by atomic mass is 32.2. The van der Waals surface area contributed by atoms with Gasteiger partial charge in [0.15, 0.2) is 0 Å². The van der Waals surface area contributed by atoms with Crippen LogP contribution in [0.2, 0.25) is 0 Å². The summed E-state index contributed by atoms with van der Waals surface area (Å²) in [4.78, 5) is 13.1. The number of hydrogen-bond donors (Lipinski definition) is 1. The minimum Gasteiger partial charge on any atom is -0.341 e. The Morgan fingerprint density at radius 2 is 1.52 bits per heavy atom. The van der Waals surface area contributed by atoms with Crippen molar-refractivity contribution in [2.45, 2.75) is 17.9 Å². The van der Waals surface area contributed by atoms with Crippen molar-refractivity contribution in [2.75, 3.05) is 14.1 Å². The molecule has 0 heterocycles. The van der Waals surface area contributed by atoms with E-state index in [1.165, 1.54) is 26.2 Å². The molecule has 1 amide bonds. The fourth-order valence-electron chi connectivity index (χ4n) is 3.08. The highest BCUT2D eigenvalue weighted by Crippen LogP contribution is 2.24. The van der Waals surface area contributed by atoms with Crippen LogP contribution in [0.3, 0.4) is 0 Å². The van der Waals surface area contributed by atoms with Crippen molar-refractivity contribution in [1.82, 2.24) is 9.62 Å². The first-order valence-electron chi connectivity index (χ1n) is 9.24. The lowest BCUT2D eigenvalue weighted by molar-refractivity contribution is 0.0942. The Balaban J connectivity index is 1.96.